The molecule has 7 heteroatoms. The van der Waals surface area contributed by atoms with Crippen LogP contribution < -0.4 is 10.6 Å². The van der Waals surface area contributed by atoms with Crippen LogP contribution in [0.1, 0.15) is 31.5 Å². The number of nitrogens with one attached hydrogen (secondary N) is 2. The first-order valence-electron chi connectivity index (χ1n) is 6.58. The quantitative estimate of drug-likeness (QED) is 0.880. The number of thiazole rings is 1. The fourth-order valence-electron chi connectivity index (χ4n) is 1.75. The Bertz CT molecular complexity index is 513. The number of carbonyl (C=O) groups is 2. The largest absolute Gasteiger partial charge is 0.348 e. The van der Waals surface area contributed by atoms with Crippen molar-refractivity contribution in [3.05, 3.63) is 16.1 Å². The van der Waals surface area contributed by atoms with Crippen molar-refractivity contribution < 1.29 is 9.59 Å². The Hall–Kier alpha value is -1.08. The maximum Gasteiger partial charge on any atom is 0.243 e. The first-order valence-corrected chi connectivity index (χ1v) is 8.45. The lowest BCUT2D eigenvalue weighted by Crippen LogP contribution is -2.57. The van der Waals surface area contributed by atoms with Gasteiger partial charge in [0, 0.05) is 11.1 Å². The minimum absolute atomic E-state index is 0.0867. The smallest absolute Gasteiger partial charge is 0.243 e. The van der Waals surface area contributed by atoms with Crippen molar-refractivity contribution in [1.82, 2.24) is 15.6 Å². The number of aryl methyl sites for hydroxylation is 1. The third-order valence-electron chi connectivity index (χ3n) is 3.15. The zero-order valence-electron chi connectivity index (χ0n) is 11.9. The van der Waals surface area contributed by atoms with Gasteiger partial charge in [-0.1, -0.05) is 6.92 Å². The Morgan fingerprint density at radius 1 is 1.60 bits per heavy atom. The minimum atomic E-state index is -0.456. The molecule has 1 unspecified atom stereocenters. The van der Waals surface area contributed by atoms with Crippen molar-refractivity contribution in [3.8, 4) is 0 Å². The first-order chi connectivity index (χ1) is 9.42. The monoisotopic (exact) mass is 313 g/mol. The van der Waals surface area contributed by atoms with E-state index in [1.807, 2.05) is 26.2 Å². The number of aromatic nitrogens is 1. The summed E-state index contributed by atoms with van der Waals surface area (Å²) in [7, 11) is 0. The van der Waals surface area contributed by atoms with Gasteiger partial charge in [0.05, 0.1) is 17.0 Å². The Morgan fingerprint density at radius 2 is 2.35 bits per heavy atom. The Kier molecular flexibility index (Phi) is 4.70. The fraction of sp³-hybridized carbons (Fsp3) is 0.615. The van der Waals surface area contributed by atoms with Gasteiger partial charge in [-0.25, -0.2) is 4.98 Å². The van der Waals surface area contributed by atoms with E-state index in [4.69, 9.17) is 0 Å². The summed E-state index contributed by atoms with van der Waals surface area (Å²) in [5.41, 5.74) is 1.04. The standard InChI is InChI=1S/C13H19N3O2S2/c1-4-8-6-19-10(15-8)5-14-11(17)9-7-20-13(2,3)12(18)16-9/h6,9H,4-5,7H2,1-3H3,(H,14,17)(H,16,18). The van der Waals surface area contributed by atoms with Crippen LogP contribution in [-0.2, 0) is 22.6 Å². The maximum absolute atomic E-state index is 12.0. The highest BCUT2D eigenvalue weighted by Crippen LogP contribution is 2.28. The summed E-state index contributed by atoms with van der Waals surface area (Å²) in [6.45, 7) is 6.20. The van der Waals surface area contributed by atoms with Gasteiger partial charge in [-0.2, -0.15) is 0 Å². The lowest BCUT2D eigenvalue weighted by atomic mass is 10.1. The van der Waals surface area contributed by atoms with E-state index in [-0.39, 0.29) is 11.8 Å². The molecule has 2 amide bonds. The predicted molar refractivity (Wildman–Crippen MR) is 81.8 cm³/mol. The molecule has 1 aromatic rings. The van der Waals surface area contributed by atoms with Crippen LogP contribution in [0.3, 0.4) is 0 Å². The summed E-state index contributed by atoms with van der Waals surface area (Å²) in [6.07, 6.45) is 0.898. The van der Waals surface area contributed by atoms with Gasteiger partial charge in [0.25, 0.3) is 0 Å². The molecule has 0 spiro atoms. The SMILES string of the molecule is CCc1csc(CNC(=O)C2CSC(C)(C)C(=O)N2)n1. The van der Waals surface area contributed by atoms with Crippen molar-refractivity contribution >= 4 is 34.9 Å². The van der Waals surface area contributed by atoms with Gasteiger partial charge in [-0.3, -0.25) is 9.59 Å². The molecular weight excluding hydrogens is 294 g/mol. The van der Waals surface area contributed by atoms with Crippen LogP contribution in [0, 0.1) is 0 Å². The van der Waals surface area contributed by atoms with Gasteiger partial charge in [0.2, 0.25) is 11.8 Å². The van der Waals surface area contributed by atoms with Gasteiger partial charge < -0.3 is 10.6 Å². The average Bonchev–Trinajstić information content (AvgIpc) is 2.87. The van der Waals surface area contributed by atoms with Crippen LogP contribution in [0.5, 0.6) is 0 Å². The average molecular weight is 313 g/mol. The molecule has 2 rings (SSSR count). The lowest BCUT2D eigenvalue weighted by molar-refractivity contribution is -0.129. The molecule has 2 heterocycles. The normalized spacial score (nSPS) is 21.4. The van der Waals surface area contributed by atoms with Crippen LogP contribution in [0.4, 0.5) is 0 Å². The number of amides is 2. The van der Waals surface area contributed by atoms with E-state index in [2.05, 4.69) is 15.6 Å². The van der Waals surface area contributed by atoms with Crippen molar-refractivity contribution in [3.63, 3.8) is 0 Å². The molecule has 0 aromatic carbocycles. The molecule has 1 aromatic heterocycles. The van der Waals surface area contributed by atoms with Gasteiger partial charge >= 0.3 is 0 Å². The molecule has 1 saturated heterocycles. The van der Waals surface area contributed by atoms with Crippen LogP contribution in [0.2, 0.25) is 0 Å². The van der Waals surface area contributed by atoms with Crippen LogP contribution in [0.25, 0.3) is 0 Å². The van der Waals surface area contributed by atoms with Gasteiger partial charge in [0.15, 0.2) is 0 Å². The molecule has 0 radical (unpaired) electrons. The molecule has 1 fully saturated rings. The van der Waals surface area contributed by atoms with E-state index in [1.54, 1.807) is 11.3 Å². The molecule has 20 heavy (non-hydrogen) atoms. The highest BCUT2D eigenvalue weighted by molar-refractivity contribution is 8.01. The zero-order valence-corrected chi connectivity index (χ0v) is 13.5. The summed E-state index contributed by atoms with van der Waals surface area (Å²) in [4.78, 5) is 28.3. The van der Waals surface area contributed by atoms with E-state index >= 15 is 0 Å². The lowest BCUT2D eigenvalue weighted by Gasteiger charge is -2.32. The second kappa shape index (κ2) is 6.13. The van der Waals surface area contributed by atoms with E-state index < -0.39 is 10.8 Å². The molecule has 1 aliphatic rings. The second-order valence-electron chi connectivity index (χ2n) is 5.15. The number of rotatable bonds is 4. The Morgan fingerprint density at radius 3 is 2.95 bits per heavy atom. The van der Waals surface area contributed by atoms with Gasteiger partial charge in [-0.15, -0.1) is 23.1 Å². The predicted octanol–water partition coefficient (Wildman–Crippen LogP) is 1.33. The molecule has 110 valence electrons. The molecule has 0 bridgehead atoms. The molecule has 1 aliphatic heterocycles. The number of hydrogen-bond donors (Lipinski definition) is 2. The summed E-state index contributed by atoms with van der Waals surface area (Å²) >= 11 is 3.05. The first kappa shape index (κ1) is 15.3. The summed E-state index contributed by atoms with van der Waals surface area (Å²) in [5, 5.41) is 8.50. The highest BCUT2D eigenvalue weighted by Gasteiger charge is 2.37. The van der Waals surface area contributed by atoms with Crippen LogP contribution >= 0.6 is 23.1 Å². The third kappa shape index (κ3) is 3.52. The van der Waals surface area contributed by atoms with E-state index in [1.165, 1.54) is 11.8 Å². The van der Waals surface area contributed by atoms with Crippen molar-refractivity contribution in [2.75, 3.05) is 5.75 Å². The molecule has 5 nitrogen and oxygen atoms in total. The van der Waals surface area contributed by atoms with Crippen LogP contribution in [-0.4, -0.2) is 33.3 Å². The molecular formula is C13H19N3O2S2. The summed E-state index contributed by atoms with van der Waals surface area (Å²) < 4.78 is -0.456. The third-order valence-corrected chi connectivity index (χ3v) is 5.46. The second-order valence-corrected chi connectivity index (χ2v) is 7.74. The zero-order chi connectivity index (χ0) is 14.8. The number of hydrogen-bond acceptors (Lipinski definition) is 5. The maximum atomic E-state index is 12.0. The van der Waals surface area contributed by atoms with Crippen molar-refractivity contribution in [2.45, 2.75) is 44.5 Å². The van der Waals surface area contributed by atoms with Crippen molar-refractivity contribution in [1.29, 1.82) is 0 Å². The van der Waals surface area contributed by atoms with E-state index in [0.29, 0.717) is 12.3 Å². The van der Waals surface area contributed by atoms with Crippen LogP contribution in [0.15, 0.2) is 5.38 Å². The number of thioether (sulfide) groups is 1. The summed E-state index contributed by atoms with van der Waals surface area (Å²) in [6, 6.07) is -0.453. The van der Waals surface area contributed by atoms with Crippen molar-refractivity contribution in [2.24, 2.45) is 0 Å². The highest BCUT2D eigenvalue weighted by atomic mass is 32.2. The Labute approximate surface area is 126 Å². The molecule has 2 N–H and O–H groups in total. The fourth-order valence-corrected chi connectivity index (χ4v) is 3.58. The summed E-state index contributed by atoms with van der Waals surface area (Å²) in [5.74, 6) is 0.369. The minimum Gasteiger partial charge on any atom is -0.348 e. The molecule has 0 aliphatic carbocycles. The molecule has 1 atom stereocenters. The molecule has 0 saturated carbocycles. The van der Waals surface area contributed by atoms with Gasteiger partial charge in [-0.05, 0) is 20.3 Å². The Balaban J connectivity index is 1.85. The van der Waals surface area contributed by atoms with Gasteiger partial charge in [0.1, 0.15) is 11.0 Å². The van der Waals surface area contributed by atoms with E-state index in [0.717, 1.165) is 17.1 Å². The topological polar surface area (TPSA) is 71.1 Å². The number of nitrogens with zero attached hydrogens (tertiary/aromatic N) is 1. The number of carbonyl (C=O) groups excluding carboxylic acids is 2. The van der Waals surface area contributed by atoms with E-state index in [9.17, 15) is 9.59 Å².